The molecule has 0 atom stereocenters. The average molecular weight is 736 g/mol. The van der Waals surface area contributed by atoms with E-state index in [-0.39, 0.29) is 37.6 Å². The summed E-state index contributed by atoms with van der Waals surface area (Å²) in [5.74, 6) is -0.327. The lowest BCUT2D eigenvalue weighted by atomic mass is 9.79. The summed E-state index contributed by atoms with van der Waals surface area (Å²) >= 11 is 0. The summed E-state index contributed by atoms with van der Waals surface area (Å²) in [4.78, 5) is 40.5. The van der Waals surface area contributed by atoms with Crippen molar-refractivity contribution < 1.29 is 57.0 Å². The number of hydrogen-bond acceptors (Lipinski definition) is 14. The van der Waals surface area contributed by atoms with Crippen molar-refractivity contribution in [2.24, 2.45) is 0 Å². The van der Waals surface area contributed by atoms with Gasteiger partial charge in [-0.05, 0) is 42.0 Å². The molecule has 1 aromatic heterocycles. The minimum atomic E-state index is -0.780. The molecular formula is C37H53NO14. The van der Waals surface area contributed by atoms with Crippen molar-refractivity contribution in [1.29, 1.82) is 0 Å². The van der Waals surface area contributed by atoms with Crippen LogP contribution in [0.4, 0.5) is 0 Å². The highest BCUT2D eigenvalue weighted by atomic mass is 16.9. The molecule has 0 aliphatic heterocycles. The van der Waals surface area contributed by atoms with Crippen LogP contribution in [0.2, 0.25) is 0 Å². The van der Waals surface area contributed by atoms with Crippen LogP contribution >= 0.6 is 0 Å². The summed E-state index contributed by atoms with van der Waals surface area (Å²) in [6, 6.07) is 10.7. The smallest absolute Gasteiger partial charge is 0.344 e. The number of methoxy groups -OCH3 is 1. The second-order valence-corrected chi connectivity index (χ2v) is 12.5. The van der Waals surface area contributed by atoms with E-state index in [2.05, 4.69) is 18.7 Å². The van der Waals surface area contributed by atoms with Gasteiger partial charge in [-0.1, -0.05) is 51.3 Å². The van der Waals surface area contributed by atoms with Crippen LogP contribution in [0.3, 0.4) is 0 Å². The average Bonchev–Trinajstić information content (AvgIpc) is 3.12. The first-order valence-electron chi connectivity index (χ1n) is 17.7. The van der Waals surface area contributed by atoms with Crippen LogP contribution in [0.5, 0.6) is 5.75 Å². The number of esters is 1. The molecule has 0 amide bonds. The first kappa shape index (κ1) is 42.7. The summed E-state index contributed by atoms with van der Waals surface area (Å²) in [5, 5.41) is 11.1. The van der Waals surface area contributed by atoms with Gasteiger partial charge in [0.15, 0.2) is 0 Å². The van der Waals surface area contributed by atoms with Crippen molar-refractivity contribution in [1.82, 2.24) is 0 Å². The number of rotatable bonds is 30. The topological polar surface area (TPSA) is 173 Å². The van der Waals surface area contributed by atoms with Crippen molar-refractivity contribution >= 4 is 27.7 Å². The van der Waals surface area contributed by atoms with Gasteiger partial charge in [-0.2, -0.15) is 0 Å². The Morgan fingerprint density at radius 1 is 0.731 bits per heavy atom. The number of benzene rings is 2. The maximum Gasteiger partial charge on any atom is 0.344 e. The van der Waals surface area contributed by atoms with E-state index in [1.165, 1.54) is 0 Å². The Hall–Kier alpha value is -3.70. The molecule has 0 radical (unpaired) electrons. The van der Waals surface area contributed by atoms with E-state index >= 15 is 0 Å². The fraction of sp³-hybridized carbons (Fsp3) is 0.622. The molecule has 15 nitrogen and oxygen atoms in total. The first-order valence-corrected chi connectivity index (χ1v) is 17.7. The predicted octanol–water partition coefficient (Wildman–Crippen LogP) is 5.03. The number of carbonyl (C=O) groups excluding carboxylic acids is 1. The second kappa shape index (κ2) is 24.5. The summed E-state index contributed by atoms with van der Waals surface area (Å²) in [5.41, 5.74) is 0.315. The zero-order valence-corrected chi connectivity index (χ0v) is 30.6. The molecule has 0 aliphatic rings. The van der Waals surface area contributed by atoms with E-state index in [1.54, 1.807) is 25.3 Å². The van der Waals surface area contributed by atoms with E-state index in [1.807, 2.05) is 18.2 Å². The van der Waals surface area contributed by atoms with Gasteiger partial charge < -0.3 is 47.1 Å². The third-order valence-corrected chi connectivity index (χ3v) is 8.09. The van der Waals surface area contributed by atoms with E-state index in [0.29, 0.717) is 94.2 Å². The molecular weight excluding hydrogens is 682 g/mol. The van der Waals surface area contributed by atoms with E-state index in [0.717, 1.165) is 31.2 Å². The van der Waals surface area contributed by atoms with Crippen LogP contribution in [0.25, 0.3) is 21.7 Å². The SMILES string of the molecule is COCCOCCOCCOCCOCCOCCOCC(=O)Oc1cc(C(C)(C)CCCCCCO[N+](=O)[O-])cc2oc(=O)c3ccccc3c12. The fourth-order valence-electron chi connectivity index (χ4n) is 5.30. The van der Waals surface area contributed by atoms with Gasteiger partial charge in [0.2, 0.25) is 0 Å². The minimum absolute atomic E-state index is 0.0802. The Bertz CT molecular complexity index is 1540. The Balaban J connectivity index is 1.41. The number of hydrogen-bond donors (Lipinski definition) is 0. The van der Waals surface area contributed by atoms with Crippen LogP contribution in [-0.4, -0.2) is 111 Å². The Morgan fingerprint density at radius 2 is 1.27 bits per heavy atom. The van der Waals surface area contributed by atoms with Crippen molar-refractivity contribution in [2.45, 2.75) is 51.4 Å². The maximum absolute atomic E-state index is 13.0. The van der Waals surface area contributed by atoms with Gasteiger partial charge in [-0.15, -0.1) is 10.1 Å². The largest absolute Gasteiger partial charge is 0.424 e. The van der Waals surface area contributed by atoms with Crippen LogP contribution in [-0.2, 0) is 48.2 Å². The monoisotopic (exact) mass is 735 g/mol. The highest BCUT2D eigenvalue weighted by Gasteiger charge is 2.25. The van der Waals surface area contributed by atoms with Crippen LogP contribution in [0.1, 0.15) is 51.5 Å². The molecule has 0 saturated heterocycles. The van der Waals surface area contributed by atoms with Gasteiger partial charge in [0.05, 0.1) is 96.7 Å². The summed E-state index contributed by atoms with van der Waals surface area (Å²) in [6.07, 6.45) is 3.90. The molecule has 3 aromatic rings. The predicted molar refractivity (Wildman–Crippen MR) is 191 cm³/mol. The van der Waals surface area contributed by atoms with Gasteiger partial charge in [-0.25, -0.2) is 9.59 Å². The molecule has 15 heteroatoms. The molecule has 0 saturated carbocycles. The maximum atomic E-state index is 13.0. The van der Waals surface area contributed by atoms with Crippen molar-refractivity contribution in [2.75, 3.05) is 99.6 Å². The van der Waals surface area contributed by atoms with Gasteiger partial charge >= 0.3 is 11.6 Å². The molecule has 52 heavy (non-hydrogen) atoms. The van der Waals surface area contributed by atoms with Crippen molar-refractivity contribution in [3.8, 4) is 5.75 Å². The first-order chi connectivity index (χ1) is 25.2. The zero-order valence-electron chi connectivity index (χ0n) is 30.6. The number of nitrogens with zero attached hydrogens (tertiary/aromatic N) is 1. The summed E-state index contributed by atoms with van der Waals surface area (Å²) in [7, 11) is 1.63. The Kier molecular flexibility index (Phi) is 20.1. The minimum Gasteiger partial charge on any atom is -0.424 e. The molecule has 290 valence electrons. The van der Waals surface area contributed by atoms with E-state index < -0.39 is 16.7 Å². The van der Waals surface area contributed by atoms with Crippen molar-refractivity contribution in [3.63, 3.8) is 0 Å². The van der Waals surface area contributed by atoms with Gasteiger partial charge in [-0.3, -0.25) is 0 Å². The molecule has 0 unspecified atom stereocenters. The molecule has 0 bridgehead atoms. The number of carbonyl (C=O) groups is 1. The number of ether oxygens (including phenoxy) is 8. The molecule has 0 aliphatic carbocycles. The standard InChI is InChI=1S/C37H53NO14/c1-37(2,12-8-4-5-9-13-50-38(41)42)29-26-32(35-30-10-6-7-11-31(30)36(40)52-33(35)27-29)51-34(39)28-49-25-24-48-23-22-47-21-20-46-19-18-45-17-16-44-15-14-43-3/h6-7,10-11,26-27H,4-5,8-9,12-25,28H2,1-3H3. The molecule has 2 aromatic carbocycles. The quantitative estimate of drug-likeness (QED) is 0.0170. The molecule has 0 N–H and O–H groups in total. The lowest BCUT2D eigenvalue weighted by Gasteiger charge is -2.26. The highest BCUT2D eigenvalue weighted by Crippen LogP contribution is 2.38. The number of unbranched alkanes of at least 4 members (excludes halogenated alkanes) is 3. The van der Waals surface area contributed by atoms with Gasteiger partial charge in [0.25, 0.3) is 5.09 Å². The normalized spacial score (nSPS) is 11.8. The van der Waals surface area contributed by atoms with E-state index in [9.17, 15) is 19.7 Å². The molecule has 1 heterocycles. The zero-order chi connectivity index (χ0) is 37.4. The third kappa shape index (κ3) is 15.9. The van der Waals surface area contributed by atoms with E-state index in [4.69, 9.17) is 42.3 Å². The lowest BCUT2D eigenvalue weighted by molar-refractivity contribution is -0.757. The van der Waals surface area contributed by atoms with Crippen LogP contribution in [0.15, 0.2) is 45.6 Å². The fourth-order valence-corrected chi connectivity index (χ4v) is 5.30. The van der Waals surface area contributed by atoms with Crippen LogP contribution in [0, 0.1) is 10.1 Å². The second-order valence-electron chi connectivity index (χ2n) is 12.5. The van der Waals surface area contributed by atoms with Crippen molar-refractivity contribution in [3.05, 3.63) is 62.5 Å². The highest BCUT2D eigenvalue weighted by molar-refractivity contribution is 6.08. The number of fused-ring (bicyclic) bond motifs is 3. The van der Waals surface area contributed by atoms with Gasteiger partial charge in [0, 0.05) is 12.5 Å². The molecule has 0 spiro atoms. The van der Waals surface area contributed by atoms with Crippen LogP contribution < -0.4 is 10.4 Å². The van der Waals surface area contributed by atoms with Gasteiger partial charge in [0.1, 0.15) is 17.9 Å². The summed E-state index contributed by atoms with van der Waals surface area (Å²) in [6.45, 7) is 9.09. The lowest BCUT2D eigenvalue weighted by Crippen LogP contribution is -2.20. The molecule has 3 rings (SSSR count). The summed E-state index contributed by atoms with van der Waals surface area (Å²) < 4.78 is 49.2. The molecule has 0 fully saturated rings. The Labute approximate surface area is 303 Å². The third-order valence-electron chi connectivity index (χ3n) is 8.09. The Morgan fingerprint density at radius 3 is 1.85 bits per heavy atom.